The van der Waals surface area contributed by atoms with Gasteiger partial charge in [-0.2, -0.15) is 0 Å². The number of benzene rings is 2. The predicted molar refractivity (Wildman–Crippen MR) is 111 cm³/mol. The molecule has 0 spiro atoms. The lowest BCUT2D eigenvalue weighted by Gasteiger charge is -2.12. The highest BCUT2D eigenvalue weighted by Gasteiger charge is 2.19. The number of hydrogen-bond donors (Lipinski definition) is 3. The summed E-state index contributed by atoms with van der Waals surface area (Å²) in [6.07, 6.45) is 0.893. The summed E-state index contributed by atoms with van der Waals surface area (Å²) in [5.41, 5.74) is 0.871. The van der Waals surface area contributed by atoms with Gasteiger partial charge in [-0.25, -0.2) is 8.42 Å². The van der Waals surface area contributed by atoms with Gasteiger partial charge < -0.3 is 15.4 Å². The molecule has 152 valence electrons. The molecule has 2 aromatic rings. The minimum Gasteiger partial charge on any atom is -0.494 e. The second kappa shape index (κ2) is 9.77. The van der Waals surface area contributed by atoms with E-state index in [4.69, 9.17) is 4.74 Å². The van der Waals surface area contributed by atoms with Gasteiger partial charge in [0.25, 0.3) is 15.9 Å². The van der Waals surface area contributed by atoms with Crippen molar-refractivity contribution in [3.63, 3.8) is 0 Å². The van der Waals surface area contributed by atoms with Crippen molar-refractivity contribution in [1.82, 2.24) is 10.6 Å². The topological polar surface area (TPSA) is 96.5 Å². The zero-order valence-corrected chi connectivity index (χ0v) is 17.1. The van der Waals surface area contributed by atoms with Crippen LogP contribution in [0.25, 0.3) is 0 Å². The Labute approximate surface area is 171 Å². The van der Waals surface area contributed by atoms with E-state index in [2.05, 4.69) is 15.4 Å². The minimum atomic E-state index is -3.74. The number of hydrogen-bond acceptors (Lipinski definition) is 5. The maximum absolute atomic E-state index is 12.5. The fourth-order valence-electron chi connectivity index (χ4n) is 2.83. The number of ether oxygens (including phenoxy) is 1. The molecule has 0 radical (unpaired) electrons. The van der Waals surface area contributed by atoms with Crippen LogP contribution in [0.1, 0.15) is 23.7 Å². The maximum atomic E-state index is 12.5. The summed E-state index contributed by atoms with van der Waals surface area (Å²) in [7, 11) is -3.74. The predicted octanol–water partition coefficient (Wildman–Crippen LogP) is 2.40. The molecule has 3 N–H and O–H groups in total. The lowest BCUT2D eigenvalue weighted by Crippen LogP contribution is -2.36. The first-order valence-corrected chi connectivity index (χ1v) is 10.3. The summed E-state index contributed by atoms with van der Waals surface area (Å²) < 4.78 is 32.9. The number of anilines is 1. The summed E-state index contributed by atoms with van der Waals surface area (Å²) in [4.78, 5) is 12.3. The quantitative estimate of drug-likeness (QED) is 0.633. The van der Waals surface area contributed by atoms with E-state index in [0.29, 0.717) is 23.6 Å². The number of carbonyl (C=O) groups excluding carboxylic acids is 1. The third kappa shape index (κ3) is 5.60. The molecule has 1 fully saturated rings. The molecule has 0 aliphatic carbocycles. The standard InChI is InChI=1S/C19H23N3O4S.ClH/c1-2-26-17-7-5-15(6-8-17)22-27(24,25)18-9-3-14(4-10-18)19(23)21-16-11-12-20-13-16;/h3-10,16,20,22H,2,11-13H2,1H3,(H,21,23);1H. The Morgan fingerprint density at radius 2 is 1.82 bits per heavy atom. The van der Waals surface area contributed by atoms with Crippen molar-refractivity contribution in [2.75, 3.05) is 24.4 Å². The van der Waals surface area contributed by atoms with Gasteiger partial charge in [0.05, 0.1) is 11.5 Å². The molecule has 1 amide bonds. The van der Waals surface area contributed by atoms with Crippen molar-refractivity contribution < 1.29 is 17.9 Å². The lowest BCUT2D eigenvalue weighted by atomic mass is 10.2. The summed E-state index contributed by atoms with van der Waals surface area (Å²) in [5.74, 6) is 0.473. The van der Waals surface area contributed by atoms with Gasteiger partial charge in [0.15, 0.2) is 0 Å². The van der Waals surface area contributed by atoms with Gasteiger partial charge in [-0.15, -0.1) is 12.4 Å². The Morgan fingerprint density at radius 3 is 2.39 bits per heavy atom. The second-order valence-electron chi connectivity index (χ2n) is 6.25. The van der Waals surface area contributed by atoms with E-state index >= 15 is 0 Å². The molecule has 0 bridgehead atoms. The van der Waals surface area contributed by atoms with E-state index in [0.717, 1.165) is 19.5 Å². The van der Waals surface area contributed by atoms with Crippen molar-refractivity contribution in [2.45, 2.75) is 24.3 Å². The molecule has 1 unspecified atom stereocenters. The molecule has 7 nitrogen and oxygen atoms in total. The molecular weight excluding hydrogens is 402 g/mol. The summed E-state index contributed by atoms with van der Waals surface area (Å²) in [6, 6.07) is 12.7. The first-order valence-electron chi connectivity index (χ1n) is 8.85. The van der Waals surface area contributed by atoms with Crippen LogP contribution in [0.5, 0.6) is 5.75 Å². The molecule has 1 atom stereocenters. The fourth-order valence-corrected chi connectivity index (χ4v) is 3.89. The molecule has 1 aliphatic heterocycles. The Balaban J connectivity index is 0.00000280. The van der Waals surface area contributed by atoms with Crippen molar-refractivity contribution >= 4 is 34.0 Å². The van der Waals surface area contributed by atoms with Crippen LogP contribution in [-0.4, -0.2) is 40.1 Å². The fraction of sp³-hybridized carbons (Fsp3) is 0.316. The number of amides is 1. The average molecular weight is 426 g/mol. The van der Waals surface area contributed by atoms with E-state index in [-0.39, 0.29) is 29.3 Å². The summed E-state index contributed by atoms with van der Waals surface area (Å²) in [6.45, 7) is 4.07. The Kier molecular flexibility index (Phi) is 7.68. The molecule has 1 saturated heterocycles. The molecule has 9 heteroatoms. The van der Waals surface area contributed by atoms with E-state index in [1.54, 1.807) is 24.3 Å². The Bertz CT molecular complexity index is 880. The number of carbonyl (C=O) groups is 1. The third-order valence-electron chi connectivity index (χ3n) is 4.24. The van der Waals surface area contributed by atoms with Crippen LogP contribution in [-0.2, 0) is 10.0 Å². The van der Waals surface area contributed by atoms with Crippen molar-refractivity contribution in [3.8, 4) is 5.75 Å². The lowest BCUT2D eigenvalue weighted by molar-refractivity contribution is 0.0940. The van der Waals surface area contributed by atoms with Gasteiger partial charge in [-0.05, 0) is 68.4 Å². The highest BCUT2D eigenvalue weighted by atomic mass is 35.5. The molecule has 3 rings (SSSR count). The SMILES string of the molecule is CCOc1ccc(NS(=O)(=O)c2ccc(C(=O)NC3CCNC3)cc2)cc1.Cl. The van der Waals surface area contributed by atoms with Gasteiger partial charge >= 0.3 is 0 Å². The van der Waals surface area contributed by atoms with Crippen molar-refractivity contribution in [1.29, 1.82) is 0 Å². The van der Waals surface area contributed by atoms with Crippen LogP contribution in [0, 0.1) is 0 Å². The molecule has 1 aliphatic rings. The molecule has 1 heterocycles. The van der Waals surface area contributed by atoms with Gasteiger partial charge in [-0.3, -0.25) is 9.52 Å². The summed E-state index contributed by atoms with van der Waals surface area (Å²) in [5, 5.41) is 6.11. The summed E-state index contributed by atoms with van der Waals surface area (Å²) >= 11 is 0. The second-order valence-corrected chi connectivity index (χ2v) is 7.93. The van der Waals surface area contributed by atoms with Crippen LogP contribution in [0.4, 0.5) is 5.69 Å². The smallest absolute Gasteiger partial charge is 0.261 e. The molecular formula is C19H24ClN3O4S. The highest BCUT2D eigenvalue weighted by Crippen LogP contribution is 2.20. The minimum absolute atomic E-state index is 0. The van der Waals surface area contributed by atoms with Crippen molar-refractivity contribution in [3.05, 3.63) is 54.1 Å². The van der Waals surface area contributed by atoms with E-state index in [9.17, 15) is 13.2 Å². The average Bonchev–Trinajstić information content (AvgIpc) is 3.16. The van der Waals surface area contributed by atoms with Crippen LogP contribution in [0.2, 0.25) is 0 Å². The van der Waals surface area contributed by atoms with Crippen LogP contribution in [0.15, 0.2) is 53.4 Å². The van der Waals surface area contributed by atoms with E-state index < -0.39 is 10.0 Å². The molecule has 2 aromatic carbocycles. The van der Waals surface area contributed by atoms with Gasteiger partial charge in [-0.1, -0.05) is 0 Å². The monoisotopic (exact) mass is 425 g/mol. The Morgan fingerprint density at radius 1 is 1.14 bits per heavy atom. The zero-order valence-electron chi connectivity index (χ0n) is 15.5. The number of nitrogens with one attached hydrogen (secondary N) is 3. The zero-order chi connectivity index (χ0) is 19.3. The molecule has 0 aromatic heterocycles. The number of rotatable bonds is 7. The van der Waals surface area contributed by atoms with Crippen LogP contribution < -0.4 is 20.1 Å². The first-order chi connectivity index (χ1) is 13.0. The highest BCUT2D eigenvalue weighted by molar-refractivity contribution is 7.92. The van der Waals surface area contributed by atoms with Crippen LogP contribution >= 0.6 is 12.4 Å². The van der Waals surface area contributed by atoms with Crippen molar-refractivity contribution in [2.24, 2.45) is 0 Å². The van der Waals surface area contributed by atoms with E-state index in [1.165, 1.54) is 24.3 Å². The number of sulfonamides is 1. The first kappa shape index (κ1) is 22.0. The number of halogens is 1. The normalized spacial score (nSPS) is 16.1. The van der Waals surface area contributed by atoms with E-state index in [1.807, 2.05) is 6.92 Å². The Hall–Kier alpha value is -2.29. The molecule has 28 heavy (non-hydrogen) atoms. The van der Waals surface area contributed by atoms with Gasteiger partial charge in [0.2, 0.25) is 0 Å². The largest absolute Gasteiger partial charge is 0.494 e. The van der Waals surface area contributed by atoms with Crippen LogP contribution in [0.3, 0.4) is 0 Å². The van der Waals surface area contributed by atoms with Gasteiger partial charge in [0, 0.05) is 23.8 Å². The van der Waals surface area contributed by atoms with Gasteiger partial charge in [0.1, 0.15) is 5.75 Å². The molecule has 0 saturated carbocycles. The maximum Gasteiger partial charge on any atom is 0.261 e. The third-order valence-corrected chi connectivity index (χ3v) is 5.64.